The van der Waals surface area contributed by atoms with Crippen molar-refractivity contribution < 1.29 is 22.5 Å². The van der Waals surface area contributed by atoms with Gasteiger partial charge in [-0.1, -0.05) is 23.7 Å². The number of hydrogen-bond acceptors (Lipinski definition) is 9. The largest absolute Gasteiger partial charge is 0.750 e. The molecule has 0 radical (unpaired) electrons. The molecule has 1 aromatic carbocycles. The van der Waals surface area contributed by atoms with Crippen molar-refractivity contribution in [3.8, 4) is 0 Å². The molecular weight excluding hydrogens is 452 g/mol. The summed E-state index contributed by atoms with van der Waals surface area (Å²) >= 11 is 4.71. The van der Waals surface area contributed by atoms with Crippen LogP contribution in [0.25, 0.3) is 0 Å². The summed E-state index contributed by atoms with van der Waals surface area (Å²) < 4.78 is 30.5. The SMILES string of the molecule is CN.O=C(COS(=O)[O-])Nc1nc(CN2CCOCC2)c(Cc2cccc(Cl)c2)s1. The summed E-state index contributed by atoms with van der Waals surface area (Å²) in [6.07, 6.45) is 0.634. The molecule has 0 spiro atoms. The highest BCUT2D eigenvalue weighted by atomic mass is 35.5. The number of ether oxygens (including phenoxy) is 1. The zero-order valence-corrected chi connectivity index (χ0v) is 18.9. The summed E-state index contributed by atoms with van der Waals surface area (Å²) in [6.45, 7) is 3.06. The first-order valence-electron chi connectivity index (χ1n) is 9.13. The average molecular weight is 476 g/mol. The van der Waals surface area contributed by atoms with Gasteiger partial charge in [0.1, 0.15) is 6.61 Å². The highest BCUT2D eigenvalue weighted by Crippen LogP contribution is 2.28. The number of nitrogens with zero attached hydrogens (tertiary/aromatic N) is 2. The lowest BCUT2D eigenvalue weighted by molar-refractivity contribution is -0.118. The highest BCUT2D eigenvalue weighted by molar-refractivity contribution is 7.74. The lowest BCUT2D eigenvalue weighted by Crippen LogP contribution is -2.36. The molecule has 1 aromatic heterocycles. The van der Waals surface area contributed by atoms with E-state index in [1.54, 1.807) is 0 Å². The van der Waals surface area contributed by atoms with Crippen LogP contribution < -0.4 is 11.1 Å². The van der Waals surface area contributed by atoms with Gasteiger partial charge in [0.15, 0.2) is 5.13 Å². The predicted molar refractivity (Wildman–Crippen MR) is 116 cm³/mol. The number of nitrogens with two attached hydrogens (primary N) is 1. The van der Waals surface area contributed by atoms with Gasteiger partial charge in [-0.25, -0.2) is 9.19 Å². The Morgan fingerprint density at radius 1 is 1.43 bits per heavy atom. The first-order valence-corrected chi connectivity index (χ1v) is 11.3. The van der Waals surface area contributed by atoms with Crippen molar-refractivity contribution in [2.75, 3.05) is 45.3 Å². The molecule has 2 aromatic rings. The van der Waals surface area contributed by atoms with Crippen LogP contribution in [0.4, 0.5) is 5.13 Å². The van der Waals surface area contributed by atoms with Crippen molar-refractivity contribution in [1.29, 1.82) is 0 Å². The third-order valence-corrected chi connectivity index (χ3v) is 5.60. The number of benzene rings is 1. The lowest BCUT2D eigenvalue weighted by atomic mass is 10.1. The van der Waals surface area contributed by atoms with E-state index in [4.69, 9.17) is 16.3 Å². The van der Waals surface area contributed by atoms with Gasteiger partial charge in [0.05, 0.1) is 30.3 Å². The number of carbonyl (C=O) groups excluding carboxylic acids is 1. The highest BCUT2D eigenvalue weighted by Gasteiger charge is 2.18. The zero-order chi connectivity index (χ0) is 21.9. The minimum absolute atomic E-state index is 0.408. The van der Waals surface area contributed by atoms with Crippen molar-refractivity contribution in [3.05, 3.63) is 45.4 Å². The summed E-state index contributed by atoms with van der Waals surface area (Å²) in [4.78, 5) is 19.7. The van der Waals surface area contributed by atoms with Crippen LogP contribution in [0.15, 0.2) is 24.3 Å². The van der Waals surface area contributed by atoms with Crippen LogP contribution in [0, 0.1) is 0 Å². The maximum atomic E-state index is 11.8. The topological polar surface area (TPSA) is 130 Å². The molecule has 9 nitrogen and oxygen atoms in total. The maximum absolute atomic E-state index is 11.8. The molecule has 0 aliphatic carbocycles. The third-order valence-electron chi connectivity index (χ3n) is 4.04. The molecule has 0 bridgehead atoms. The molecule has 3 N–H and O–H groups in total. The Morgan fingerprint density at radius 3 is 2.83 bits per heavy atom. The van der Waals surface area contributed by atoms with E-state index in [9.17, 15) is 13.6 Å². The van der Waals surface area contributed by atoms with Crippen molar-refractivity contribution in [2.24, 2.45) is 5.73 Å². The van der Waals surface area contributed by atoms with Gasteiger partial charge >= 0.3 is 0 Å². The number of carbonyl (C=O) groups is 1. The maximum Gasteiger partial charge on any atom is 0.253 e. The second kappa shape index (κ2) is 13.1. The van der Waals surface area contributed by atoms with Crippen LogP contribution in [0.2, 0.25) is 5.02 Å². The molecule has 166 valence electrons. The van der Waals surface area contributed by atoms with Crippen LogP contribution in [0.3, 0.4) is 0 Å². The zero-order valence-electron chi connectivity index (χ0n) is 16.5. The normalized spacial score (nSPS) is 15.2. The summed E-state index contributed by atoms with van der Waals surface area (Å²) in [7, 11) is 1.50. The van der Waals surface area contributed by atoms with E-state index in [0.717, 1.165) is 29.2 Å². The Balaban J connectivity index is 0.00000155. The average Bonchev–Trinajstić information content (AvgIpc) is 3.09. The van der Waals surface area contributed by atoms with Crippen LogP contribution >= 0.6 is 22.9 Å². The number of amides is 1. The molecule has 1 aliphatic rings. The van der Waals surface area contributed by atoms with Gasteiger partial charge in [0.2, 0.25) is 0 Å². The minimum atomic E-state index is -2.74. The lowest BCUT2D eigenvalue weighted by Gasteiger charge is -2.26. The Hall–Kier alpha value is -1.44. The van der Waals surface area contributed by atoms with Crippen molar-refractivity contribution in [1.82, 2.24) is 9.88 Å². The summed E-state index contributed by atoms with van der Waals surface area (Å²) in [5.74, 6) is -0.579. The van der Waals surface area contributed by atoms with Crippen LogP contribution in [-0.2, 0) is 38.0 Å². The molecule has 1 atom stereocenters. The van der Waals surface area contributed by atoms with Crippen LogP contribution in [0.5, 0.6) is 0 Å². The van der Waals surface area contributed by atoms with E-state index in [2.05, 4.69) is 25.1 Å². The standard InChI is InChI=1S/C17H20ClN3O5S2.CH5N/c18-13-3-1-2-12(8-13)9-15-14(10-21-4-6-25-7-5-21)19-17(27-15)20-16(22)11-26-28(23)24;1-2/h1-3,8H,4-7,9-11H2,(H,23,24)(H,19,20,22);2H2,1H3/p-1. The van der Waals surface area contributed by atoms with Crippen molar-refractivity contribution in [3.63, 3.8) is 0 Å². The number of hydrogen-bond donors (Lipinski definition) is 2. The fraction of sp³-hybridized carbons (Fsp3) is 0.444. The summed E-state index contributed by atoms with van der Waals surface area (Å²) in [5.41, 5.74) is 6.41. The monoisotopic (exact) mass is 475 g/mol. The molecule has 2 heterocycles. The number of aromatic nitrogens is 1. The van der Waals surface area contributed by atoms with Gasteiger partial charge in [-0.2, -0.15) is 0 Å². The van der Waals surface area contributed by atoms with Gasteiger partial charge in [0.25, 0.3) is 5.91 Å². The van der Waals surface area contributed by atoms with Crippen LogP contribution in [0.1, 0.15) is 16.1 Å². The molecule has 1 amide bonds. The van der Waals surface area contributed by atoms with E-state index in [1.807, 2.05) is 24.3 Å². The summed E-state index contributed by atoms with van der Waals surface area (Å²) in [6, 6.07) is 7.59. The first kappa shape index (κ1) is 24.8. The number of anilines is 1. The van der Waals surface area contributed by atoms with E-state index >= 15 is 0 Å². The quantitative estimate of drug-likeness (QED) is 0.550. The molecule has 30 heavy (non-hydrogen) atoms. The first-order chi connectivity index (χ1) is 14.5. The number of halogens is 1. The van der Waals surface area contributed by atoms with Gasteiger partial charge in [-0.15, -0.1) is 11.3 Å². The smallest absolute Gasteiger partial charge is 0.253 e. The fourth-order valence-corrected chi connectivity index (χ4v) is 4.20. The van der Waals surface area contributed by atoms with E-state index in [-0.39, 0.29) is 0 Å². The third kappa shape index (κ3) is 8.36. The minimum Gasteiger partial charge on any atom is -0.750 e. The fourth-order valence-electron chi connectivity index (χ4n) is 2.76. The van der Waals surface area contributed by atoms with E-state index in [1.165, 1.54) is 18.4 Å². The van der Waals surface area contributed by atoms with Crippen molar-refractivity contribution >= 4 is 45.3 Å². The molecule has 1 aliphatic heterocycles. The number of thiazole rings is 1. The van der Waals surface area contributed by atoms with Gasteiger partial charge < -0.3 is 15.0 Å². The van der Waals surface area contributed by atoms with Gasteiger partial charge in [-0.3, -0.25) is 19.2 Å². The van der Waals surface area contributed by atoms with Crippen molar-refractivity contribution in [2.45, 2.75) is 13.0 Å². The molecule has 12 heteroatoms. The van der Waals surface area contributed by atoms with Crippen LogP contribution in [-0.4, -0.2) is 64.5 Å². The Bertz CT molecular complexity index is 846. The molecule has 3 rings (SSSR count). The predicted octanol–water partition coefficient (Wildman–Crippen LogP) is 1.54. The molecule has 1 fully saturated rings. The van der Waals surface area contributed by atoms with Gasteiger partial charge in [0, 0.05) is 36.0 Å². The van der Waals surface area contributed by atoms with E-state index in [0.29, 0.717) is 36.3 Å². The Labute approximate surface area is 187 Å². The summed E-state index contributed by atoms with van der Waals surface area (Å²) in [5, 5.41) is 3.66. The molecule has 0 saturated carbocycles. The molecular formula is C18H24ClN4O5S2-. The Morgan fingerprint density at radius 2 is 2.17 bits per heavy atom. The molecule has 1 saturated heterocycles. The molecule has 1 unspecified atom stereocenters. The number of morpholine rings is 1. The van der Waals surface area contributed by atoms with E-state index < -0.39 is 23.9 Å². The Kier molecular flexibility index (Phi) is 10.8. The second-order valence-electron chi connectivity index (χ2n) is 6.10. The number of nitrogens with one attached hydrogen (secondary N) is 1. The van der Waals surface area contributed by atoms with Gasteiger partial charge in [-0.05, 0) is 24.7 Å². The number of rotatable bonds is 8. The second-order valence-corrected chi connectivity index (χ2v) is 8.26.